The van der Waals surface area contributed by atoms with Gasteiger partial charge in [0.1, 0.15) is 17.3 Å². The molecule has 0 aromatic heterocycles. The van der Waals surface area contributed by atoms with Gasteiger partial charge < -0.3 is 14.8 Å². The number of anilines is 1. The summed E-state index contributed by atoms with van der Waals surface area (Å²) in [5.74, 6) is -0.795. The van der Waals surface area contributed by atoms with Gasteiger partial charge in [0.2, 0.25) is 0 Å². The molecule has 0 saturated heterocycles. The number of nitrogens with zero attached hydrogens (tertiary/aromatic N) is 1. The van der Waals surface area contributed by atoms with Gasteiger partial charge in [-0.1, -0.05) is 35.9 Å². The van der Waals surface area contributed by atoms with E-state index < -0.39 is 17.6 Å². The summed E-state index contributed by atoms with van der Waals surface area (Å²) < 4.78 is 24.1. The minimum absolute atomic E-state index is 0.0638. The van der Waals surface area contributed by atoms with E-state index in [1.807, 2.05) is 0 Å². The quantitative estimate of drug-likeness (QED) is 0.392. The van der Waals surface area contributed by atoms with Gasteiger partial charge in [0.25, 0.3) is 11.8 Å². The number of benzene rings is 3. The van der Waals surface area contributed by atoms with Crippen LogP contribution in [0.5, 0.6) is 11.5 Å². The van der Waals surface area contributed by atoms with E-state index >= 15 is 0 Å². The number of hydrogen-bond donors (Lipinski definition) is 2. The number of nitrogens with one attached hydrogen (secondary N) is 2. The first-order valence-corrected chi connectivity index (χ1v) is 9.79. The monoisotopic (exact) mass is 455 g/mol. The largest absolute Gasteiger partial charge is 0.496 e. The van der Waals surface area contributed by atoms with Crippen LogP contribution in [0, 0.1) is 5.82 Å². The third kappa shape index (κ3) is 6.05. The highest BCUT2D eigenvalue weighted by Crippen LogP contribution is 2.25. The number of hydrazone groups is 1. The molecule has 32 heavy (non-hydrogen) atoms. The lowest BCUT2D eigenvalue weighted by molar-refractivity contribution is -0.118. The second-order valence-electron chi connectivity index (χ2n) is 6.41. The topological polar surface area (TPSA) is 89.0 Å². The second-order valence-corrected chi connectivity index (χ2v) is 6.81. The average molecular weight is 456 g/mol. The molecule has 9 heteroatoms. The molecule has 0 unspecified atom stereocenters. The molecule has 3 aromatic carbocycles. The molecule has 2 N–H and O–H groups in total. The first-order valence-electron chi connectivity index (χ1n) is 9.41. The van der Waals surface area contributed by atoms with Gasteiger partial charge in [-0.2, -0.15) is 5.10 Å². The Balaban J connectivity index is 1.55. The van der Waals surface area contributed by atoms with Crippen molar-refractivity contribution in [3.63, 3.8) is 0 Å². The van der Waals surface area contributed by atoms with Gasteiger partial charge in [0.15, 0.2) is 6.61 Å². The minimum atomic E-state index is -0.541. The highest BCUT2D eigenvalue weighted by atomic mass is 35.5. The van der Waals surface area contributed by atoms with Crippen LogP contribution in [0.1, 0.15) is 15.9 Å². The Kier molecular flexibility index (Phi) is 7.77. The molecular weight excluding hydrogens is 437 g/mol. The predicted molar refractivity (Wildman–Crippen MR) is 120 cm³/mol. The highest BCUT2D eigenvalue weighted by Gasteiger charge is 2.11. The van der Waals surface area contributed by atoms with Gasteiger partial charge in [0, 0.05) is 0 Å². The van der Waals surface area contributed by atoms with E-state index in [1.54, 1.807) is 48.5 Å². The fraction of sp³-hybridized carbons (Fsp3) is 0.0870. The molecule has 0 bridgehead atoms. The van der Waals surface area contributed by atoms with Crippen LogP contribution in [0.4, 0.5) is 10.1 Å². The minimum Gasteiger partial charge on any atom is -0.496 e. The second kappa shape index (κ2) is 10.9. The molecule has 3 aromatic rings. The number of carbonyl (C=O) groups excluding carboxylic acids is 2. The zero-order valence-electron chi connectivity index (χ0n) is 17.0. The summed E-state index contributed by atoms with van der Waals surface area (Å²) >= 11 is 6.19. The third-order valence-corrected chi connectivity index (χ3v) is 4.49. The normalized spacial score (nSPS) is 10.6. The van der Waals surface area contributed by atoms with Crippen LogP contribution < -0.4 is 20.2 Å². The van der Waals surface area contributed by atoms with E-state index in [0.717, 1.165) is 0 Å². The molecular formula is C23H19ClFN3O4. The Bertz CT molecular complexity index is 1150. The van der Waals surface area contributed by atoms with Crippen molar-refractivity contribution < 1.29 is 23.5 Å². The number of carbonyl (C=O) groups is 2. The number of rotatable bonds is 8. The fourth-order valence-electron chi connectivity index (χ4n) is 2.66. The third-order valence-electron chi connectivity index (χ3n) is 4.19. The lowest BCUT2D eigenvalue weighted by Gasteiger charge is -2.10. The Morgan fingerprint density at radius 1 is 1.06 bits per heavy atom. The summed E-state index contributed by atoms with van der Waals surface area (Å²) in [5.41, 5.74) is 3.43. The number of amides is 2. The maximum atomic E-state index is 13.6. The van der Waals surface area contributed by atoms with Gasteiger partial charge in [-0.05, 0) is 48.0 Å². The molecule has 0 aliphatic carbocycles. The molecule has 0 aliphatic heterocycles. The number of methoxy groups -OCH3 is 1. The summed E-state index contributed by atoms with van der Waals surface area (Å²) in [6.07, 6.45) is 1.41. The van der Waals surface area contributed by atoms with Crippen LogP contribution in [-0.2, 0) is 4.79 Å². The Morgan fingerprint density at radius 2 is 1.81 bits per heavy atom. The van der Waals surface area contributed by atoms with Crippen LogP contribution in [0.15, 0.2) is 71.8 Å². The fourth-order valence-corrected chi connectivity index (χ4v) is 2.91. The number of ether oxygens (including phenoxy) is 2. The first-order chi connectivity index (χ1) is 15.5. The average Bonchev–Trinajstić information content (AvgIpc) is 2.80. The van der Waals surface area contributed by atoms with E-state index in [9.17, 15) is 14.0 Å². The number of para-hydroxylation sites is 2. The highest BCUT2D eigenvalue weighted by molar-refractivity contribution is 6.32. The molecule has 164 valence electrons. The van der Waals surface area contributed by atoms with Gasteiger partial charge in [-0.3, -0.25) is 9.59 Å². The van der Waals surface area contributed by atoms with Crippen molar-refractivity contribution in [2.75, 3.05) is 19.0 Å². The summed E-state index contributed by atoms with van der Waals surface area (Å²) in [6, 6.07) is 17.4. The van der Waals surface area contributed by atoms with Crippen molar-refractivity contribution in [3.8, 4) is 11.5 Å². The maximum Gasteiger partial charge on any atom is 0.275 e. The molecule has 2 amide bonds. The predicted octanol–water partition coefficient (Wildman–Crippen LogP) is 4.27. The van der Waals surface area contributed by atoms with Crippen molar-refractivity contribution in [3.05, 3.63) is 88.7 Å². The van der Waals surface area contributed by atoms with Crippen molar-refractivity contribution in [1.29, 1.82) is 0 Å². The van der Waals surface area contributed by atoms with Crippen LogP contribution in [0.25, 0.3) is 0 Å². The van der Waals surface area contributed by atoms with Gasteiger partial charge in [0.05, 0.1) is 29.6 Å². The Morgan fingerprint density at radius 3 is 2.56 bits per heavy atom. The molecule has 0 spiro atoms. The van der Waals surface area contributed by atoms with E-state index in [4.69, 9.17) is 21.1 Å². The molecule has 3 rings (SSSR count). The lowest BCUT2D eigenvalue weighted by Crippen LogP contribution is -2.20. The summed E-state index contributed by atoms with van der Waals surface area (Å²) in [6.45, 7) is -0.351. The van der Waals surface area contributed by atoms with Crippen molar-refractivity contribution in [2.24, 2.45) is 5.10 Å². The molecule has 0 saturated carbocycles. The molecule has 0 atom stereocenters. The van der Waals surface area contributed by atoms with Gasteiger partial charge in [-0.25, -0.2) is 9.82 Å². The van der Waals surface area contributed by atoms with Crippen LogP contribution in [0.3, 0.4) is 0 Å². The number of hydrogen-bond acceptors (Lipinski definition) is 5. The van der Waals surface area contributed by atoms with E-state index in [0.29, 0.717) is 16.9 Å². The summed E-state index contributed by atoms with van der Waals surface area (Å²) in [4.78, 5) is 24.2. The van der Waals surface area contributed by atoms with Crippen molar-refractivity contribution >= 4 is 35.3 Å². The maximum absolute atomic E-state index is 13.6. The molecule has 0 radical (unpaired) electrons. The van der Waals surface area contributed by atoms with Crippen LogP contribution >= 0.6 is 11.6 Å². The van der Waals surface area contributed by atoms with Gasteiger partial charge >= 0.3 is 0 Å². The van der Waals surface area contributed by atoms with Crippen molar-refractivity contribution in [2.45, 2.75) is 0 Å². The zero-order valence-corrected chi connectivity index (χ0v) is 17.7. The van der Waals surface area contributed by atoms with Crippen LogP contribution in [-0.4, -0.2) is 31.7 Å². The zero-order chi connectivity index (χ0) is 22.9. The Labute approximate surface area is 188 Å². The molecule has 7 nitrogen and oxygen atoms in total. The van der Waals surface area contributed by atoms with E-state index in [-0.39, 0.29) is 23.1 Å². The van der Waals surface area contributed by atoms with E-state index in [1.165, 1.54) is 31.5 Å². The molecule has 0 fully saturated rings. The summed E-state index contributed by atoms with van der Waals surface area (Å²) in [7, 11) is 1.48. The molecule has 0 aliphatic rings. The lowest BCUT2D eigenvalue weighted by atomic mass is 10.2. The smallest absolute Gasteiger partial charge is 0.275 e. The Hall–Kier alpha value is -3.91. The standard InChI is InChI=1S/C23H19ClFN3O4/c1-31-20-9-5-2-6-16(20)23(30)28-26-13-15-10-11-21(17(24)12-15)32-14-22(29)27-19-8-4-3-7-18(19)25/h2-13H,14H2,1H3,(H,27,29)(H,28,30). The molecule has 0 heterocycles. The summed E-state index contributed by atoms with van der Waals surface area (Å²) in [5, 5.41) is 6.57. The first kappa shape index (κ1) is 22.8. The van der Waals surface area contributed by atoms with E-state index in [2.05, 4.69) is 15.8 Å². The van der Waals surface area contributed by atoms with Gasteiger partial charge in [-0.15, -0.1) is 0 Å². The van der Waals surface area contributed by atoms with Crippen molar-refractivity contribution in [1.82, 2.24) is 5.43 Å². The SMILES string of the molecule is COc1ccccc1C(=O)NN=Cc1ccc(OCC(=O)Nc2ccccc2F)c(Cl)c1. The number of halogens is 2. The van der Waals surface area contributed by atoms with Crippen LogP contribution in [0.2, 0.25) is 5.02 Å².